The van der Waals surface area contributed by atoms with Crippen molar-refractivity contribution < 1.29 is 19.0 Å². The molecule has 0 aromatic rings. The van der Waals surface area contributed by atoms with Crippen molar-refractivity contribution in [3.8, 4) is 0 Å². The van der Waals surface area contributed by atoms with Gasteiger partial charge < -0.3 is 14.2 Å². The number of alkyl halides is 3. The molecule has 4 atom stereocenters. The Kier molecular flexibility index (Phi) is 7.68. The molecule has 1 saturated heterocycles. The maximum absolute atomic E-state index is 11.2. The zero-order valence-electron chi connectivity index (χ0n) is 12.2. The predicted octanol–water partition coefficient (Wildman–Crippen LogP) is 3.39. The Labute approximate surface area is 150 Å². The molecule has 0 aromatic carbocycles. The quantitative estimate of drug-likeness (QED) is 0.142. The third kappa shape index (κ3) is 6.12. The van der Waals surface area contributed by atoms with Gasteiger partial charge in [0.05, 0.1) is 6.54 Å². The van der Waals surface area contributed by atoms with Crippen molar-refractivity contribution in [3.63, 3.8) is 0 Å². The Morgan fingerprint density at radius 1 is 1.38 bits per heavy atom. The number of hydrogen-bond donors (Lipinski definition) is 1. The molecule has 0 radical (unpaired) electrons. The van der Waals surface area contributed by atoms with Crippen LogP contribution in [0.5, 0.6) is 0 Å². The van der Waals surface area contributed by atoms with Crippen LogP contribution >= 0.6 is 34.8 Å². The minimum atomic E-state index is -2.14. The monoisotopic (exact) mass is 399 g/mol. The molecule has 1 rings (SSSR count). The zero-order chi connectivity index (χ0) is 18.3. The Bertz CT molecular complexity index is 585. The Morgan fingerprint density at radius 2 is 2.04 bits per heavy atom. The summed E-state index contributed by atoms with van der Waals surface area (Å²) >= 11 is 16.6. The summed E-state index contributed by atoms with van der Waals surface area (Å²) in [5, 5.41) is 14.4. The van der Waals surface area contributed by atoms with Gasteiger partial charge in [-0.2, -0.15) is 0 Å². The lowest BCUT2D eigenvalue weighted by Gasteiger charge is -2.38. The van der Waals surface area contributed by atoms with E-state index in [-0.39, 0.29) is 13.0 Å². The van der Waals surface area contributed by atoms with E-state index in [4.69, 9.17) is 65.5 Å². The first-order chi connectivity index (χ1) is 11.2. The van der Waals surface area contributed by atoms with E-state index in [2.05, 4.69) is 20.1 Å². The number of esters is 1. The van der Waals surface area contributed by atoms with Gasteiger partial charge in [-0.3, -0.25) is 10.2 Å². The number of azide groups is 2. The average molecular weight is 401 g/mol. The molecule has 0 spiro atoms. The fraction of sp³-hybridized carbons (Fsp3) is 0.800. The van der Waals surface area contributed by atoms with Gasteiger partial charge in [-0.15, -0.1) is 0 Å². The summed E-state index contributed by atoms with van der Waals surface area (Å²) in [5.74, 6) is -1.34. The topological polar surface area (TPSA) is 166 Å². The van der Waals surface area contributed by atoms with E-state index in [1.165, 1.54) is 6.92 Å². The van der Waals surface area contributed by atoms with Gasteiger partial charge in [-0.1, -0.05) is 45.0 Å². The molecule has 0 aliphatic carbocycles. The lowest BCUT2D eigenvalue weighted by molar-refractivity contribution is -0.209. The summed E-state index contributed by atoms with van der Waals surface area (Å²) in [5.41, 5.74) is 17.1. The van der Waals surface area contributed by atoms with Crippen molar-refractivity contribution in [3.05, 3.63) is 20.9 Å². The van der Waals surface area contributed by atoms with E-state index >= 15 is 0 Å². The van der Waals surface area contributed by atoms with E-state index in [0.29, 0.717) is 0 Å². The number of nitrogens with one attached hydrogen (secondary N) is 1. The second-order valence-corrected chi connectivity index (χ2v) is 6.84. The number of rotatable bonds is 5. The lowest BCUT2D eigenvalue weighted by Crippen LogP contribution is -2.51. The molecule has 0 aromatic heterocycles. The summed E-state index contributed by atoms with van der Waals surface area (Å²) in [6.45, 7) is 1.01. The molecule has 1 aliphatic rings. The maximum Gasteiger partial charge on any atom is 0.302 e. The summed E-state index contributed by atoms with van der Waals surface area (Å²) in [6, 6.07) is -0.964. The summed E-state index contributed by atoms with van der Waals surface area (Å²) in [6.07, 6.45) is -3.00. The van der Waals surface area contributed by atoms with Crippen molar-refractivity contribution in [2.75, 3.05) is 6.54 Å². The van der Waals surface area contributed by atoms with Gasteiger partial charge in [-0.05, 0) is 11.1 Å². The van der Waals surface area contributed by atoms with Gasteiger partial charge in [0.15, 0.2) is 0 Å². The molecule has 0 saturated carbocycles. The van der Waals surface area contributed by atoms with Crippen molar-refractivity contribution in [1.29, 1.82) is 5.41 Å². The maximum atomic E-state index is 11.2. The van der Waals surface area contributed by atoms with Gasteiger partial charge in [0.1, 0.15) is 18.2 Å². The van der Waals surface area contributed by atoms with Crippen LogP contribution < -0.4 is 0 Å². The van der Waals surface area contributed by atoms with Crippen molar-refractivity contribution >= 4 is 46.7 Å². The Balaban J connectivity index is 3.00. The fourth-order valence-electron chi connectivity index (χ4n) is 1.92. The van der Waals surface area contributed by atoms with Crippen LogP contribution in [0.2, 0.25) is 0 Å². The van der Waals surface area contributed by atoms with Crippen LogP contribution in [0.1, 0.15) is 13.3 Å². The standard InChI is InChI=1S/C10H12Cl3N7O4/c1-4(21)22-6-2-5(18-20-16)8(23-7(6)3-17-19-15)24-9(14)10(11,12)13/h5-8,14H,2-3H2,1H3/t5?,6-,7+,8+/m0/s1. The van der Waals surface area contributed by atoms with E-state index in [9.17, 15) is 4.79 Å². The molecule has 0 amide bonds. The number of carbonyl (C=O) groups is 1. The van der Waals surface area contributed by atoms with Crippen LogP contribution in [0.4, 0.5) is 0 Å². The number of nitrogens with zero attached hydrogens (tertiary/aromatic N) is 6. The second kappa shape index (κ2) is 9.03. The van der Waals surface area contributed by atoms with Crippen LogP contribution in [-0.2, 0) is 19.0 Å². The number of ether oxygens (including phenoxy) is 3. The van der Waals surface area contributed by atoms with Gasteiger partial charge in [0, 0.05) is 23.2 Å². The summed E-state index contributed by atoms with van der Waals surface area (Å²) in [4.78, 5) is 16.4. The molecule has 1 aliphatic heterocycles. The summed E-state index contributed by atoms with van der Waals surface area (Å²) in [7, 11) is 0. The predicted molar refractivity (Wildman–Crippen MR) is 84.9 cm³/mol. The highest BCUT2D eigenvalue weighted by molar-refractivity contribution is 6.76. The van der Waals surface area contributed by atoms with Gasteiger partial charge in [0.2, 0.25) is 12.2 Å². The fourth-order valence-corrected chi connectivity index (χ4v) is 2.06. The van der Waals surface area contributed by atoms with Crippen LogP contribution in [-0.4, -0.2) is 46.7 Å². The molecule has 132 valence electrons. The molecule has 14 heteroatoms. The molecular formula is C10H12Cl3N7O4. The first-order valence-corrected chi connectivity index (χ1v) is 7.52. The van der Waals surface area contributed by atoms with Gasteiger partial charge >= 0.3 is 5.97 Å². The number of halogens is 3. The summed E-state index contributed by atoms with van der Waals surface area (Å²) < 4.78 is 13.5. The Morgan fingerprint density at radius 3 is 2.54 bits per heavy atom. The van der Waals surface area contributed by atoms with E-state index in [1.54, 1.807) is 0 Å². The molecule has 1 fully saturated rings. The normalized spacial score (nSPS) is 26.5. The van der Waals surface area contributed by atoms with Crippen molar-refractivity contribution in [2.45, 2.75) is 41.7 Å². The molecule has 11 nitrogen and oxygen atoms in total. The molecule has 0 bridgehead atoms. The van der Waals surface area contributed by atoms with Crippen LogP contribution in [0, 0.1) is 5.41 Å². The minimum Gasteiger partial charge on any atom is -0.460 e. The van der Waals surface area contributed by atoms with Gasteiger partial charge in [0.25, 0.3) is 3.79 Å². The number of carbonyl (C=O) groups excluding carboxylic acids is 1. The lowest BCUT2D eigenvalue weighted by atomic mass is 10.0. The van der Waals surface area contributed by atoms with Crippen LogP contribution in [0.25, 0.3) is 20.9 Å². The van der Waals surface area contributed by atoms with Crippen molar-refractivity contribution in [1.82, 2.24) is 0 Å². The third-order valence-corrected chi connectivity index (χ3v) is 3.36. The third-order valence-electron chi connectivity index (χ3n) is 2.85. The van der Waals surface area contributed by atoms with Gasteiger partial charge in [-0.25, -0.2) is 0 Å². The molecule has 24 heavy (non-hydrogen) atoms. The van der Waals surface area contributed by atoms with E-state index < -0.39 is 40.2 Å². The molecular weight excluding hydrogens is 389 g/mol. The first kappa shape index (κ1) is 20.4. The zero-order valence-corrected chi connectivity index (χ0v) is 14.4. The first-order valence-electron chi connectivity index (χ1n) is 6.39. The van der Waals surface area contributed by atoms with Crippen LogP contribution in [0.15, 0.2) is 10.2 Å². The highest BCUT2D eigenvalue weighted by Crippen LogP contribution is 2.32. The average Bonchev–Trinajstić information content (AvgIpc) is 2.46. The Hall–Kier alpha value is -1.61. The minimum absolute atomic E-state index is 0.00700. The second-order valence-electron chi connectivity index (χ2n) is 4.56. The van der Waals surface area contributed by atoms with E-state index in [1.807, 2.05) is 0 Å². The van der Waals surface area contributed by atoms with Crippen molar-refractivity contribution in [2.24, 2.45) is 10.2 Å². The largest absolute Gasteiger partial charge is 0.460 e. The van der Waals surface area contributed by atoms with Crippen LogP contribution in [0.3, 0.4) is 0 Å². The molecule has 1 N–H and O–H groups in total. The smallest absolute Gasteiger partial charge is 0.302 e. The molecule has 1 heterocycles. The molecule has 1 unspecified atom stereocenters. The highest BCUT2D eigenvalue weighted by Gasteiger charge is 2.42. The number of hydrogen-bond acceptors (Lipinski definition) is 7. The highest BCUT2D eigenvalue weighted by atomic mass is 35.6. The SMILES string of the molecule is CC(=O)O[C@H]1CC(N=[N+]=[N-])[C@@H](OC(=N)C(Cl)(Cl)Cl)O[C@@H]1CN=[N+]=[N-]. The van der Waals surface area contributed by atoms with E-state index in [0.717, 1.165) is 0 Å².